The van der Waals surface area contributed by atoms with E-state index in [9.17, 15) is 57.5 Å². The van der Waals surface area contributed by atoms with Gasteiger partial charge in [-0.05, 0) is 108 Å². The number of amides is 6. The molecule has 0 radical (unpaired) electrons. The summed E-state index contributed by atoms with van der Waals surface area (Å²) in [5.74, 6) is -6.75. The van der Waals surface area contributed by atoms with Gasteiger partial charge in [0.2, 0.25) is 0 Å². The van der Waals surface area contributed by atoms with Gasteiger partial charge in [0.1, 0.15) is 36.3 Å². The molecule has 6 atom stereocenters. The summed E-state index contributed by atoms with van der Waals surface area (Å²) in [4.78, 5) is 145. The predicted octanol–water partition coefficient (Wildman–Crippen LogP) is 4.62. The minimum atomic E-state index is -0.771. The summed E-state index contributed by atoms with van der Waals surface area (Å²) in [5, 5.41) is 15.8. The van der Waals surface area contributed by atoms with Crippen LogP contribution in [0.4, 0.5) is 0 Å². The van der Waals surface area contributed by atoms with Crippen LogP contribution >= 0.6 is 0 Å². The van der Waals surface area contributed by atoms with E-state index >= 15 is 0 Å². The minimum Gasteiger partial charge on any atom is -0.467 e. The molecule has 0 fully saturated rings. The standard InChI is InChI=1S/3C20H28N2O6/c3*1-11(2)15(19(25)27-5)21-17(23)13-7-9-14(10-8-13)18(24)22-16(12(3)4)20(26)28-6/h3*7-12,15-16H,1-6H3,(H,21,23)(H,22,24)/t3*15-,16-/m000/s1. The molecule has 0 unspecified atom stereocenters. The molecule has 24 heteroatoms. The highest BCUT2D eigenvalue weighted by molar-refractivity contribution is 6.02. The number of hydrogen-bond acceptors (Lipinski definition) is 18. The topological polar surface area (TPSA) is 332 Å². The first-order chi connectivity index (χ1) is 39.3. The lowest BCUT2D eigenvalue weighted by molar-refractivity contribution is -0.144. The Labute approximate surface area is 491 Å². The first-order valence-corrected chi connectivity index (χ1v) is 27.0. The van der Waals surface area contributed by atoms with Gasteiger partial charge in [0.25, 0.3) is 35.4 Å². The van der Waals surface area contributed by atoms with E-state index in [4.69, 9.17) is 28.4 Å². The molecule has 3 rings (SSSR count). The average Bonchev–Trinajstić information content (AvgIpc) is 3.48. The van der Waals surface area contributed by atoms with Gasteiger partial charge in [-0.15, -0.1) is 0 Å². The molecule has 3 aromatic rings. The number of nitrogens with one attached hydrogen (secondary N) is 6. The number of carbonyl (C=O) groups is 12. The molecular weight excluding hydrogens is 1090 g/mol. The zero-order valence-corrected chi connectivity index (χ0v) is 51.2. The van der Waals surface area contributed by atoms with Crippen molar-refractivity contribution in [1.29, 1.82) is 0 Å². The summed E-state index contributed by atoms with van der Waals surface area (Å²) in [5.41, 5.74) is 1.75. The van der Waals surface area contributed by atoms with Gasteiger partial charge in [0.15, 0.2) is 0 Å². The minimum absolute atomic E-state index is 0.146. The number of carbonyl (C=O) groups excluding carboxylic acids is 12. The molecule has 0 aliphatic heterocycles. The van der Waals surface area contributed by atoms with Crippen LogP contribution in [0.3, 0.4) is 0 Å². The van der Waals surface area contributed by atoms with Crippen LogP contribution in [0.5, 0.6) is 0 Å². The summed E-state index contributed by atoms with van der Waals surface area (Å²) in [6.07, 6.45) is 0. The van der Waals surface area contributed by atoms with Crippen molar-refractivity contribution >= 4 is 71.3 Å². The maximum Gasteiger partial charge on any atom is 0.328 e. The summed E-state index contributed by atoms with van der Waals surface area (Å²) in [6, 6.07) is 13.1. The fourth-order valence-electron chi connectivity index (χ4n) is 7.41. The molecule has 0 aromatic heterocycles. The third kappa shape index (κ3) is 22.9. The number of ether oxygens (including phenoxy) is 6. The number of rotatable bonds is 24. The van der Waals surface area contributed by atoms with Gasteiger partial charge in [-0.25, -0.2) is 28.8 Å². The lowest BCUT2D eigenvalue weighted by atomic mass is 10.0. The third-order valence-corrected chi connectivity index (χ3v) is 12.7. The fourth-order valence-corrected chi connectivity index (χ4v) is 7.41. The van der Waals surface area contributed by atoms with Gasteiger partial charge in [-0.3, -0.25) is 28.8 Å². The van der Waals surface area contributed by atoms with Gasteiger partial charge in [0.05, 0.1) is 42.7 Å². The number of hydrogen-bond donors (Lipinski definition) is 6. The number of methoxy groups -OCH3 is 6. The molecule has 462 valence electrons. The zero-order chi connectivity index (χ0) is 64.3. The van der Waals surface area contributed by atoms with E-state index in [1.807, 2.05) is 0 Å². The maximum atomic E-state index is 12.4. The van der Waals surface area contributed by atoms with Crippen LogP contribution in [0.15, 0.2) is 72.8 Å². The second-order valence-corrected chi connectivity index (χ2v) is 21.0. The van der Waals surface area contributed by atoms with Crippen molar-refractivity contribution in [3.8, 4) is 0 Å². The molecule has 6 amide bonds. The molecule has 0 heterocycles. The van der Waals surface area contributed by atoms with Gasteiger partial charge in [0, 0.05) is 33.4 Å². The van der Waals surface area contributed by atoms with Gasteiger partial charge in [-0.2, -0.15) is 0 Å². The van der Waals surface area contributed by atoms with Gasteiger partial charge < -0.3 is 60.3 Å². The highest BCUT2D eigenvalue weighted by Gasteiger charge is 2.31. The van der Waals surface area contributed by atoms with Crippen molar-refractivity contribution < 1.29 is 86.0 Å². The second kappa shape index (κ2) is 36.0. The first-order valence-electron chi connectivity index (χ1n) is 27.0. The Morgan fingerprint density at radius 3 is 0.393 bits per heavy atom. The van der Waals surface area contributed by atoms with E-state index in [-0.39, 0.29) is 35.5 Å². The number of benzene rings is 3. The highest BCUT2D eigenvalue weighted by atomic mass is 16.5. The van der Waals surface area contributed by atoms with Crippen LogP contribution in [0.2, 0.25) is 0 Å². The van der Waals surface area contributed by atoms with Gasteiger partial charge >= 0.3 is 35.8 Å². The van der Waals surface area contributed by atoms with Crippen molar-refractivity contribution in [3.05, 3.63) is 106 Å². The van der Waals surface area contributed by atoms with Gasteiger partial charge in [-0.1, -0.05) is 83.1 Å². The Bertz CT molecular complexity index is 2250. The molecule has 0 spiro atoms. The molecule has 0 aliphatic carbocycles. The Kier molecular flexibility index (Phi) is 31.4. The summed E-state index contributed by atoms with van der Waals surface area (Å²) in [6.45, 7) is 21.5. The Balaban J connectivity index is 0.000000630. The molecule has 0 aliphatic rings. The van der Waals surface area contributed by atoms with Crippen molar-refractivity contribution in [3.63, 3.8) is 0 Å². The molecule has 84 heavy (non-hydrogen) atoms. The van der Waals surface area contributed by atoms with Crippen molar-refractivity contribution in [2.75, 3.05) is 42.7 Å². The van der Waals surface area contributed by atoms with Crippen LogP contribution in [-0.2, 0) is 57.2 Å². The largest absolute Gasteiger partial charge is 0.467 e. The Morgan fingerprint density at radius 2 is 0.321 bits per heavy atom. The molecule has 24 nitrogen and oxygen atoms in total. The average molecular weight is 1180 g/mol. The second-order valence-electron chi connectivity index (χ2n) is 21.0. The van der Waals surface area contributed by atoms with Crippen molar-refractivity contribution in [2.24, 2.45) is 35.5 Å². The van der Waals surface area contributed by atoms with Crippen LogP contribution in [0.25, 0.3) is 0 Å². The van der Waals surface area contributed by atoms with E-state index in [1.54, 1.807) is 83.1 Å². The molecule has 3 aromatic carbocycles. The molecule has 0 saturated heterocycles. The van der Waals surface area contributed by atoms with E-state index < -0.39 is 108 Å². The molecule has 6 N–H and O–H groups in total. The van der Waals surface area contributed by atoms with Crippen LogP contribution in [0, 0.1) is 35.5 Å². The molecule has 0 saturated carbocycles. The monoisotopic (exact) mass is 1180 g/mol. The maximum absolute atomic E-state index is 12.4. The highest BCUT2D eigenvalue weighted by Crippen LogP contribution is 2.15. The molecule has 0 bridgehead atoms. The lowest BCUT2D eigenvalue weighted by Gasteiger charge is -2.20. The fraction of sp³-hybridized carbons (Fsp3) is 0.500. The SMILES string of the molecule is COC(=O)[C@@H](NC(=O)c1ccc(C(=O)N[C@H](C(=O)OC)C(C)C)cc1)C(C)C.COC(=O)[C@@H](NC(=O)c1ccc(C(=O)N[C@H](C(=O)OC)C(C)C)cc1)C(C)C.COC(=O)[C@@H](NC(=O)c1ccc(C(=O)N[C@H](C(=O)OC)C(C)C)cc1)C(C)C. The van der Waals surface area contributed by atoms with Crippen molar-refractivity contribution in [1.82, 2.24) is 31.9 Å². The van der Waals surface area contributed by atoms with Crippen LogP contribution < -0.4 is 31.9 Å². The normalized spacial score (nSPS) is 12.9. The predicted molar refractivity (Wildman–Crippen MR) is 308 cm³/mol. The summed E-state index contributed by atoms with van der Waals surface area (Å²) < 4.78 is 28.2. The Morgan fingerprint density at radius 1 is 0.226 bits per heavy atom. The van der Waals surface area contributed by atoms with Crippen molar-refractivity contribution in [2.45, 2.75) is 119 Å². The van der Waals surface area contributed by atoms with Crippen LogP contribution in [0.1, 0.15) is 145 Å². The smallest absolute Gasteiger partial charge is 0.328 e. The van der Waals surface area contributed by atoms with E-state index in [2.05, 4.69) is 31.9 Å². The quantitative estimate of drug-likeness (QED) is 0.0526. The van der Waals surface area contributed by atoms with E-state index in [1.165, 1.54) is 115 Å². The Hall–Kier alpha value is -8.70. The van der Waals surface area contributed by atoms with E-state index in [0.717, 1.165) is 0 Å². The summed E-state index contributed by atoms with van der Waals surface area (Å²) in [7, 11) is 7.56. The van der Waals surface area contributed by atoms with Crippen LogP contribution in [-0.4, -0.2) is 150 Å². The molecular formula is C60H84N6O18. The van der Waals surface area contributed by atoms with E-state index in [0.29, 0.717) is 33.4 Å². The third-order valence-electron chi connectivity index (χ3n) is 12.7. The number of esters is 6. The zero-order valence-electron chi connectivity index (χ0n) is 51.2. The first kappa shape index (κ1) is 73.3. The lowest BCUT2D eigenvalue weighted by Crippen LogP contribution is -2.45. The summed E-state index contributed by atoms with van der Waals surface area (Å²) >= 11 is 0.